The van der Waals surface area contributed by atoms with E-state index >= 15 is 0 Å². The van der Waals surface area contributed by atoms with Crippen molar-refractivity contribution in [3.8, 4) is 0 Å². The highest BCUT2D eigenvalue weighted by atomic mass is 16.7. The lowest BCUT2D eigenvalue weighted by molar-refractivity contribution is -0.137. The van der Waals surface area contributed by atoms with E-state index in [2.05, 4.69) is 22.3 Å². The Hall–Kier alpha value is -1.59. The zero-order valence-electron chi connectivity index (χ0n) is 11.7. The predicted octanol–water partition coefficient (Wildman–Crippen LogP) is 1.86. The van der Waals surface area contributed by atoms with Gasteiger partial charge in [-0.05, 0) is 43.5 Å². The molecule has 5 heteroatoms. The average Bonchev–Trinajstić information content (AvgIpc) is 3.12. The van der Waals surface area contributed by atoms with E-state index in [1.165, 1.54) is 18.5 Å². The lowest BCUT2D eigenvalue weighted by Crippen LogP contribution is -2.30. The zero-order valence-corrected chi connectivity index (χ0v) is 11.7. The molecule has 20 heavy (non-hydrogen) atoms. The second-order valence-corrected chi connectivity index (χ2v) is 5.34. The highest BCUT2D eigenvalue weighted by molar-refractivity contribution is 5.92. The van der Waals surface area contributed by atoms with Crippen molar-refractivity contribution in [3.05, 3.63) is 24.3 Å². The lowest BCUT2D eigenvalue weighted by Gasteiger charge is -2.18. The maximum absolute atomic E-state index is 11.9. The van der Waals surface area contributed by atoms with Crippen LogP contribution < -0.4 is 10.2 Å². The van der Waals surface area contributed by atoms with Crippen molar-refractivity contribution in [2.24, 2.45) is 0 Å². The summed E-state index contributed by atoms with van der Waals surface area (Å²) in [6.07, 6.45) is 3.54. The van der Waals surface area contributed by atoms with Crippen molar-refractivity contribution in [2.45, 2.75) is 19.3 Å². The summed E-state index contributed by atoms with van der Waals surface area (Å²) >= 11 is 0. The Morgan fingerprint density at radius 3 is 2.50 bits per heavy atom. The third-order valence-electron chi connectivity index (χ3n) is 3.77. The topological polar surface area (TPSA) is 44.8 Å². The Labute approximate surface area is 119 Å². The second kappa shape index (κ2) is 6.24. The molecule has 1 aromatic carbocycles. The summed E-state index contributed by atoms with van der Waals surface area (Å²) in [7, 11) is 0. The molecule has 0 aliphatic carbocycles. The third-order valence-corrected chi connectivity index (χ3v) is 3.77. The predicted molar refractivity (Wildman–Crippen MR) is 78.7 cm³/mol. The number of anilines is 2. The van der Waals surface area contributed by atoms with Crippen LogP contribution >= 0.6 is 0 Å². The molecule has 0 spiro atoms. The highest BCUT2D eigenvalue weighted by Crippen LogP contribution is 2.22. The number of benzene rings is 1. The molecule has 2 saturated heterocycles. The van der Waals surface area contributed by atoms with E-state index in [4.69, 9.17) is 4.84 Å². The Bertz CT molecular complexity index is 449. The number of carbonyl (C=O) groups excluding carboxylic acids is 1. The van der Waals surface area contributed by atoms with E-state index in [1.807, 2.05) is 12.1 Å². The molecule has 0 saturated carbocycles. The molecule has 0 radical (unpaired) electrons. The van der Waals surface area contributed by atoms with Crippen LogP contribution in [0.4, 0.5) is 11.4 Å². The van der Waals surface area contributed by atoms with Crippen molar-refractivity contribution in [2.75, 3.05) is 43.0 Å². The van der Waals surface area contributed by atoms with Gasteiger partial charge in [-0.15, -0.1) is 0 Å². The molecular weight excluding hydrogens is 254 g/mol. The summed E-state index contributed by atoms with van der Waals surface area (Å²) in [5, 5.41) is 4.62. The minimum atomic E-state index is -0.0270. The molecule has 0 unspecified atom stereocenters. The Balaban J connectivity index is 1.53. The average molecular weight is 275 g/mol. The van der Waals surface area contributed by atoms with Crippen molar-refractivity contribution in [3.63, 3.8) is 0 Å². The Morgan fingerprint density at radius 1 is 1.10 bits per heavy atom. The van der Waals surface area contributed by atoms with Crippen LogP contribution in [0.2, 0.25) is 0 Å². The maximum atomic E-state index is 11.9. The molecule has 1 N–H and O–H groups in total. The van der Waals surface area contributed by atoms with Gasteiger partial charge in [-0.3, -0.25) is 9.63 Å². The van der Waals surface area contributed by atoms with Gasteiger partial charge in [-0.1, -0.05) is 0 Å². The standard InChI is InChI=1S/C15H21N3O2/c19-15(12-18-10-3-11-20-18)16-13-4-6-14(7-5-13)17-8-1-2-9-17/h4-7H,1-3,8-12H2,(H,16,19). The number of hydrogen-bond donors (Lipinski definition) is 1. The fourth-order valence-corrected chi connectivity index (χ4v) is 2.72. The van der Waals surface area contributed by atoms with E-state index < -0.39 is 0 Å². The maximum Gasteiger partial charge on any atom is 0.240 e. The third kappa shape index (κ3) is 3.29. The molecule has 2 heterocycles. The fraction of sp³-hybridized carbons (Fsp3) is 0.533. The molecule has 1 aromatic rings. The van der Waals surface area contributed by atoms with Crippen LogP contribution in [0.3, 0.4) is 0 Å². The van der Waals surface area contributed by atoms with Crippen molar-refractivity contribution < 1.29 is 9.63 Å². The molecule has 0 aromatic heterocycles. The number of nitrogens with one attached hydrogen (secondary N) is 1. The molecule has 2 aliphatic heterocycles. The van der Waals surface area contributed by atoms with Crippen molar-refractivity contribution in [1.29, 1.82) is 0 Å². The van der Waals surface area contributed by atoms with Crippen LogP contribution in [-0.4, -0.2) is 43.8 Å². The van der Waals surface area contributed by atoms with Gasteiger partial charge in [0.15, 0.2) is 0 Å². The molecule has 2 fully saturated rings. The van der Waals surface area contributed by atoms with Gasteiger partial charge in [0.25, 0.3) is 0 Å². The monoisotopic (exact) mass is 275 g/mol. The molecule has 1 amide bonds. The smallest absolute Gasteiger partial charge is 0.240 e. The molecule has 2 aliphatic rings. The molecule has 0 bridgehead atoms. The Morgan fingerprint density at radius 2 is 1.85 bits per heavy atom. The zero-order chi connectivity index (χ0) is 13.8. The molecule has 108 valence electrons. The fourth-order valence-electron chi connectivity index (χ4n) is 2.72. The highest BCUT2D eigenvalue weighted by Gasteiger charge is 2.16. The van der Waals surface area contributed by atoms with Crippen LogP contribution in [-0.2, 0) is 9.63 Å². The number of nitrogens with zero attached hydrogens (tertiary/aromatic N) is 2. The van der Waals surface area contributed by atoms with Crippen LogP contribution in [0.1, 0.15) is 19.3 Å². The summed E-state index contributed by atoms with van der Waals surface area (Å²) in [4.78, 5) is 19.6. The van der Waals surface area contributed by atoms with Gasteiger partial charge in [-0.25, -0.2) is 0 Å². The van der Waals surface area contributed by atoms with Gasteiger partial charge < -0.3 is 10.2 Å². The molecule has 3 rings (SSSR count). The summed E-state index contributed by atoms with van der Waals surface area (Å²) in [5.74, 6) is -0.0270. The van der Waals surface area contributed by atoms with Crippen LogP contribution in [0.5, 0.6) is 0 Å². The van der Waals surface area contributed by atoms with Crippen LogP contribution in [0.25, 0.3) is 0 Å². The number of carbonyl (C=O) groups is 1. The molecule has 0 atom stereocenters. The van der Waals surface area contributed by atoms with E-state index in [0.29, 0.717) is 6.54 Å². The molecule has 5 nitrogen and oxygen atoms in total. The van der Waals surface area contributed by atoms with Gasteiger partial charge in [0.05, 0.1) is 6.61 Å². The summed E-state index contributed by atoms with van der Waals surface area (Å²) in [6.45, 7) is 4.13. The van der Waals surface area contributed by atoms with Crippen molar-refractivity contribution in [1.82, 2.24) is 5.06 Å². The van der Waals surface area contributed by atoms with Gasteiger partial charge >= 0.3 is 0 Å². The number of hydroxylamine groups is 2. The van der Waals surface area contributed by atoms with Gasteiger partial charge in [0, 0.05) is 31.0 Å². The number of amides is 1. The van der Waals surface area contributed by atoms with Gasteiger partial charge in [0.1, 0.15) is 6.54 Å². The number of hydrogen-bond acceptors (Lipinski definition) is 4. The van der Waals surface area contributed by atoms with Gasteiger partial charge in [0.2, 0.25) is 5.91 Å². The van der Waals surface area contributed by atoms with Crippen molar-refractivity contribution >= 4 is 17.3 Å². The largest absolute Gasteiger partial charge is 0.372 e. The van der Waals surface area contributed by atoms with E-state index in [9.17, 15) is 4.79 Å². The van der Waals surface area contributed by atoms with E-state index in [0.717, 1.165) is 38.3 Å². The number of rotatable bonds is 4. The lowest BCUT2D eigenvalue weighted by atomic mass is 10.2. The Kier molecular flexibility index (Phi) is 4.18. The normalized spacial score (nSPS) is 19.5. The molecular formula is C15H21N3O2. The first-order chi connectivity index (χ1) is 9.81. The summed E-state index contributed by atoms with van der Waals surface area (Å²) in [5.41, 5.74) is 2.08. The summed E-state index contributed by atoms with van der Waals surface area (Å²) in [6, 6.07) is 8.09. The van der Waals surface area contributed by atoms with Crippen LogP contribution in [0, 0.1) is 0 Å². The van der Waals surface area contributed by atoms with E-state index in [1.54, 1.807) is 5.06 Å². The first-order valence-corrected chi connectivity index (χ1v) is 7.34. The van der Waals surface area contributed by atoms with E-state index in [-0.39, 0.29) is 5.91 Å². The van der Waals surface area contributed by atoms with Gasteiger partial charge in [-0.2, -0.15) is 5.06 Å². The minimum absolute atomic E-state index is 0.0270. The quantitative estimate of drug-likeness (QED) is 0.911. The summed E-state index contributed by atoms with van der Waals surface area (Å²) < 4.78 is 0. The van der Waals surface area contributed by atoms with Crippen LogP contribution in [0.15, 0.2) is 24.3 Å². The first kappa shape index (κ1) is 13.4. The SMILES string of the molecule is O=C(CN1CCCO1)Nc1ccc(N2CCCC2)cc1. The second-order valence-electron chi connectivity index (χ2n) is 5.34. The first-order valence-electron chi connectivity index (χ1n) is 7.34. The minimum Gasteiger partial charge on any atom is -0.372 e.